The molecule has 0 N–H and O–H groups in total. The molecule has 0 bridgehead atoms. The lowest BCUT2D eigenvalue weighted by molar-refractivity contribution is 0.0993. The normalized spacial score (nSPS) is 9.88. The van der Waals surface area contributed by atoms with Crippen LogP contribution >= 0.6 is 0 Å². The molecule has 1 heteroatoms. The maximum absolute atomic E-state index is 12.0. The molecule has 0 aliphatic carbocycles. The number of carbonyl (C=O) groups is 1. The van der Waals surface area contributed by atoms with Crippen LogP contribution in [-0.2, 0) is 6.42 Å². The first-order chi connectivity index (χ1) is 8.29. The molecule has 0 aromatic heterocycles. The molecule has 0 amide bonds. The van der Waals surface area contributed by atoms with Gasteiger partial charge in [-0.2, -0.15) is 0 Å². The van der Waals surface area contributed by atoms with Crippen molar-refractivity contribution in [2.24, 2.45) is 0 Å². The van der Waals surface area contributed by atoms with E-state index in [-0.39, 0.29) is 5.78 Å². The van der Waals surface area contributed by atoms with E-state index in [1.165, 1.54) is 0 Å². The fourth-order valence-electron chi connectivity index (χ4n) is 1.74. The summed E-state index contributed by atoms with van der Waals surface area (Å²) in [5, 5.41) is 0. The van der Waals surface area contributed by atoms with Gasteiger partial charge in [0.1, 0.15) is 0 Å². The van der Waals surface area contributed by atoms with Gasteiger partial charge in [0.05, 0.1) is 0 Å². The molecule has 2 rings (SSSR count). The van der Waals surface area contributed by atoms with Crippen LogP contribution in [0.15, 0.2) is 61.2 Å². The molecule has 0 aliphatic rings. The van der Waals surface area contributed by atoms with Crippen LogP contribution in [0.4, 0.5) is 0 Å². The third-order valence-corrected chi connectivity index (χ3v) is 2.65. The van der Waals surface area contributed by atoms with Crippen molar-refractivity contribution in [3.63, 3.8) is 0 Å². The minimum atomic E-state index is 0.145. The number of carbonyl (C=O) groups excluding carboxylic acids is 1. The first kappa shape index (κ1) is 11.3. The summed E-state index contributed by atoms with van der Waals surface area (Å²) >= 11 is 0. The molecule has 1 nitrogen and oxygen atoms in total. The smallest absolute Gasteiger partial charge is 0.167 e. The summed E-state index contributed by atoms with van der Waals surface area (Å²) in [4.78, 5) is 12.0. The number of hydrogen-bond acceptors (Lipinski definition) is 1. The van der Waals surface area contributed by atoms with E-state index >= 15 is 0 Å². The Balaban J connectivity index is 2.16. The van der Waals surface area contributed by atoms with E-state index in [2.05, 4.69) is 6.58 Å². The quantitative estimate of drug-likeness (QED) is 0.720. The summed E-state index contributed by atoms with van der Waals surface area (Å²) in [6.45, 7) is 3.72. The van der Waals surface area contributed by atoms with Gasteiger partial charge in [0.15, 0.2) is 5.78 Å². The van der Waals surface area contributed by atoms with Gasteiger partial charge in [0.25, 0.3) is 0 Å². The molecule has 0 radical (unpaired) electrons. The minimum absolute atomic E-state index is 0.145. The molecule has 0 aliphatic heterocycles. The molecule has 0 spiro atoms. The highest BCUT2D eigenvalue weighted by Crippen LogP contribution is 2.10. The molecule has 0 saturated carbocycles. The molecule has 2 aromatic rings. The van der Waals surface area contributed by atoms with Gasteiger partial charge in [0, 0.05) is 12.0 Å². The van der Waals surface area contributed by atoms with Crippen molar-refractivity contribution in [1.82, 2.24) is 0 Å². The van der Waals surface area contributed by atoms with E-state index in [1.807, 2.05) is 54.6 Å². The van der Waals surface area contributed by atoms with Crippen molar-refractivity contribution in [3.8, 4) is 0 Å². The fraction of sp³-hybridized carbons (Fsp3) is 0.0625. The van der Waals surface area contributed by atoms with E-state index < -0.39 is 0 Å². The Morgan fingerprint density at radius 2 is 1.82 bits per heavy atom. The summed E-state index contributed by atoms with van der Waals surface area (Å²) in [6, 6.07) is 17.3. The lowest BCUT2D eigenvalue weighted by atomic mass is 10.0. The molecular formula is C16H14O. The van der Waals surface area contributed by atoms with Crippen molar-refractivity contribution in [1.29, 1.82) is 0 Å². The summed E-state index contributed by atoms with van der Waals surface area (Å²) in [7, 11) is 0. The Labute approximate surface area is 101 Å². The number of hydrogen-bond donors (Lipinski definition) is 0. The van der Waals surface area contributed by atoms with Crippen molar-refractivity contribution in [2.75, 3.05) is 0 Å². The monoisotopic (exact) mass is 222 g/mol. The Morgan fingerprint density at radius 1 is 1.06 bits per heavy atom. The second-order valence-corrected chi connectivity index (χ2v) is 3.92. The van der Waals surface area contributed by atoms with Gasteiger partial charge in [-0.05, 0) is 11.1 Å². The fourth-order valence-corrected chi connectivity index (χ4v) is 1.74. The zero-order chi connectivity index (χ0) is 12.1. The Kier molecular flexibility index (Phi) is 3.51. The molecule has 0 fully saturated rings. The Hall–Kier alpha value is -2.15. The zero-order valence-corrected chi connectivity index (χ0v) is 9.60. The van der Waals surface area contributed by atoms with Crippen molar-refractivity contribution in [2.45, 2.75) is 6.42 Å². The highest BCUT2D eigenvalue weighted by molar-refractivity contribution is 5.97. The average molecular weight is 222 g/mol. The van der Waals surface area contributed by atoms with Crippen LogP contribution in [0, 0.1) is 0 Å². The lowest BCUT2D eigenvalue weighted by Crippen LogP contribution is -2.03. The molecule has 2 aromatic carbocycles. The van der Waals surface area contributed by atoms with Crippen LogP contribution < -0.4 is 0 Å². The predicted molar refractivity (Wildman–Crippen MR) is 71.0 cm³/mol. The molecule has 17 heavy (non-hydrogen) atoms. The zero-order valence-electron chi connectivity index (χ0n) is 9.60. The molecule has 84 valence electrons. The van der Waals surface area contributed by atoms with Gasteiger partial charge < -0.3 is 0 Å². The van der Waals surface area contributed by atoms with Crippen LogP contribution in [-0.4, -0.2) is 5.78 Å². The molecule has 0 heterocycles. The summed E-state index contributed by atoms with van der Waals surface area (Å²) in [6.07, 6.45) is 2.22. The molecular weight excluding hydrogens is 208 g/mol. The highest BCUT2D eigenvalue weighted by Gasteiger charge is 2.06. The summed E-state index contributed by atoms with van der Waals surface area (Å²) in [5.41, 5.74) is 2.83. The van der Waals surface area contributed by atoms with Crippen molar-refractivity contribution < 1.29 is 4.79 Å². The van der Waals surface area contributed by atoms with Gasteiger partial charge in [0.2, 0.25) is 0 Å². The average Bonchev–Trinajstić information content (AvgIpc) is 2.40. The predicted octanol–water partition coefficient (Wildman–Crippen LogP) is 3.76. The van der Waals surface area contributed by atoms with E-state index in [1.54, 1.807) is 6.08 Å². The lowest BCUT2D eigenvalue weighted by Gasteiger charge is -2.02. The minimum Gasteiger partial charge on any atom is -0.294 e. The van der Waals surface area contributed by atoms with Gasteiger partial charge in [-0.15, -0.1) is 0 Å². The number of benzene rings is 2. The highest BCUT2D eigenvalue weighted by atomic mass is 16.1. The topological polar surface area (TPSA) is 17.1 Å². The third kappa shape index (κ3) is 2.91. The second kappa shape index (κ2) is 5.26. The Bertz CT molecular complexity index is 526. The van der Waals surface area contributed by atoms with Crippen LogP contribution in [0.1, 0.15) is 21.5 Å². The van der Waals surface area contributed by atoms with Crippen molar-refractivity contribution in [3.05, 3.63) is 77.9 Å². The SMILES string of the molecule is C=Cc1cccc(CC(=O)c2ccccc2)c1. The number of Topliss-reactive ketones (excluding diaryl/α,β-unsaturated/α-hetero) is 1. The van der Waals surface area contributed by atoms with Gasteiger partial charge in [-0.1, -0.05) is 67.3 Å². The summed E-state index contributed by atoms with van der Waals surface area (Å²) < 4.78 is 0. The number of ketones is 1. The second-order valence-electron chi connectivity index (χ2n) is 3.92. The molecule has 0 unspecified atom stereocenters. The van der Waals surface area contributed by atoms with Gasteiger partial charge >= 0.3 is 0 Å². The van der Waals surface area contributed by atoms with Gasteiger partial charge in [-0.3, -0.25) is 4.79 Å². The largest absolute Gasteiger partial charge is 0.294 e. The van der Waals surface area contributed by atoms with E-state index in [4.69, 9.17) is 0 Å². The van der Waals surface area contributed by atoms with E-state index in [0.717, 1.165) is 16.7 Å². The third-order valence-electron chi connectivity index (χ3n) is 2.65. The van der Waals surface area contributed by atoms with Crippen LogP contribution in [0.5, 0.6) is 0 Å². The standard InChI is InChI=1S/C16H14O/c1-2-13-7-6-8-14(11-13)12-16(17)15-9-4-3-5-10-15/h2-11H,1,12H2. The number of rotatable bonds is 4. The summed E-state index contributed by atoms with van der Waals surface area (Å²) in [5.74, 6) is 0.145. The maximum Gasteiger partial charge on any atom is 0.167 e. The van der Waals surface area contributed by atoms with E-state index in [9.17, 15) is 4.79 Å². The maximum atomic E-state index is 12.0. The van der Waals surface area contributed by atoms with Crippen molar-refractivity contribution >= 4 is 11.9 Å². The van der Waals surface area contributed by atoms with Crippen LogP contribution in [0.2, 0.25) is 0 Å². The Morgan fingerprint density at radius 3 is 2.53 bits per heavy atom. The molecule has 0 atom stereocenters. The first-order valence-electron chi connectivity index (χ1n) is 5.59. The van der Waals surface area contributed by atoms with Gasteiger partial charge in [-0.25, -0.2) is 0 Å². The van der Waals surface area contributed by atoms with Crippen LogP contribution in [0.25, 0.3) is 6.08 Å². The van der Waals surface area contributed by atoms with Crippen LogP contribution in [0.3, 0.4) is 0 Å². The van der Waals surface area contributed by atoms with E-state index in [0.29, 0.717) is 6.42 Å². The molecule has 0 saturated heterocycles. The first-order valence-corrected chi connectivity index (χ1v) is 5.59.